The van der Waals surface area contributed by atoms with Gasteiger partial charge in [0.05, 0.1) is 5.69 Å². The van der Waals surface area contributed by atoms with E-state index < -0.39 is 0 Å². The Morgan fingerprint density at radius 3 is 2.72 bits per heavy atom. The highest BCUT2D eigenvalue weighted by Crippen LogP contribution is 2.23. The Morgan fingerprint density at radius 2 is 2.00 bits per heavy atom. The van der Waals surface area contributed by atoms with Gasteiger partial charge in [0, 0.05) is 30.7 Å². The molecule has 2 aromatic rings. The van der Waals surface area contributed by atoms with Gasteiger partial charge in [-0.15, -0.1) is 0 Å². The summed E-state index contributed by atoms with van der Waals surface area (Å²) in [5, 5.41) is 3.21. The SMILES string of the molecule is CCCNc1ncc(C)c(-c2cnccc2C)n1. The van der Waals surface area contributed by atoms with Crippen LogP contribution in [0.4, 0.5) is 5.95 Å². The fourth-order valence-electron chi connectivity index (χ4n) is 1.75. The van der Waals surface area contributed by atoms with Gasteiger partial charge in [-0.25, -0.2) is 9.97 Å². The maximum absolute atomic E-state index is 4.58. The summed E-state index contributed by atoms with van der Waals surface area (Å²) < 4.78 is 0. The zero-order valence-electron chi connectivity index (χ0n) is 11.1. The molecule has 0 spiro atoms. The number of anilines is 1. The van der Waals surface area contributed by atoms with Gasteiger partial charge in [-0.2, -0.15) is 0 Å². The molecule has 0 radical (unpaired) electrons. The molecule has 0 aromatic carbocycles. The number of nitrogens with zero attached hydrogens (tertiary/aromatic N) is 3. The summed E-state index contributed by atoms with van der Waals surface area (Å²) in [6.07, 6.45) is 6.56. The molecule has 0 saturated carbocycles. The van der Waals surface area contributed by atoms with E-state index in [2.05, 4.69) is 34.1 Å². The molecule has 94 valence electrons. The fraction of sp³-hybridized carbons (Fsp3) is 0.357. The van der Waals surface area contributed by atoms with Gasteiger partial charge >= 0.3 is 0 Å². The van der Waals surface area contributed by atoms with E-state index in [1.807, 2.05) is 25.4 Å². The highest BCUT2D eigenvalue weighted by atomic mass is 15.1. The quantitative estimate of drug-likeness (QED) is 0.895. The summed E-state index contributed by atoms with van der Waals surface area (Å²) in [7, 11) is 0. The molecule has 0 unspecified atom stereocenters. The first-order chi connectivity index (χ1) is 8.72. The summed E-state index contributed by atoms with van der Waals surface area (Å²) in [6.45, 7) is 7.09. The lowest BCUT2D eigenvalue weighted by Gasteiger charge is -2.10. The first-order valence-corrected chi connectivity index (χ1v) is 6.21. The Bertz CT molecular complexity index is 537. The van der Waals surface area contributed by atoms with Crippen molar-refractivity contribution in [3.8, 4) is 11.3 Å². The van der Waals surface area contributed by atoms with Gasteiger partial charge in [-0.05, 0) is 37.5 Å². The number of hydrogen-bond donors (Lipinski definition) is 1. The molecule has 2 heterocycles. The zero-order chi connectivity index (χ0) is 13.0. The average Bonchev–Trinajstić information content (AvgIpc) is 2.39. The van der Waals surface area contributed by atoms with Crippen molar-refractivity contribution in [2.24, 2.45) is 0 Å². The van der Waals surface area contributed by atoms with E-state index in [9.17, 15) is 0 Å². The molecule has 2 aromatic heterocycles. The second kappa shape index (κ2) is 5.58. The van der Waals surface area contributed by atoms with Gasteiger partial charge in [-0.1, -0.05) is 6.92 Å². The molecule has 0 fully saturated rings. The number of aryl methyl sites for hydroxylation is 2. The van der Waals surface area contributed by atoms with Crippen molar-refractivity contribution in [1.82, 2.24) is 15.0 Å². The molecule has 2 rings (SSSR count). The van der Waals surface area contributed by atoms with Gasteiger partial charge in [0.25, 0.3) is 0 Å². The Kier molecular flexibility index (Phi) is 3.87. The van der Waals surface area contributed by atoms with Gasteiger partial charge in [-0.3, -0.25) is 4.98 Å². The topological polar surface area (TPSA) is 50.7 Å². The Balaban J connectivity index is 2.40. The van der Waals surface area contributed by atoms with Gasteiger partial charge < -0.3 is 5.32 Å². The van der Waals surface area contributed by atoms with Crippen molar-refractivity contribution in [2.45, 2.75) is 27.2 Å². The van der Waals surface area contributed by atoms with E-state index in [0.29, 0.717) is 5.95 Å². The van der Waals surface area contributed by atoms with E-state index >= 15 is 0 Å². The second-order valence-electron chi connectivity index (χ2n) is 4.34. The van der Waals surface area contributed by atoms with Crippen LogP contribution in [-0.4, -0.2) is 21.5 Å². The number of rotatable bonds is 4. The van der Waals surface area contributed by atoms with Gasteiger partial charge in [0.15, 0.2) is 0 Å². The summed E-state index contributed by atoms with van der Waals surface area (Å²) in [4.78, 5) is 13.0. The van der Waals surface area contributed by atoms with Crippen LogP contribution in [0.1, 0.15) is 24.5 Å². The number of pyridine rings is 1. The molecule has 0 saturated heterocycles. The maximum Gasteiger partial charge on any atom is 0.223 e. The van der Waals surface area contributed by atoms with Crippen LogP contribution in [0, 0.1) is 13.8 Å². The first kappa shape index (κ1) is 12.5. The summed E-state index contributed by atoms with van der Waals surface area (Å²) in [5.74, 6) is 0.681. The third kappa shape index (κ3) is 2.64. The molecule has 0 atom stereocenters. The van der Waals surface area contributed by atoms with Crippen molar-refractivity contribution in [2.75, 3.05) is 11.9 Å². The summed E-state index contributed by atoms with van der Waals surface area (Å²) in [5.41, 5.74) is 4.26. The van der Waals surface area contributed by atoms with Gasteiger partial charge in [0.2, 0.25) is 5.95 Å². The molecular weight excluding hydrogens is 224 g/mol. The van der Waals surface area contributed by atoms with Crippen LogP contribution >= 0.6 is 0 Å². The van der Waals surface area contributed by atoms with Crippen molar-refractivity contribution in [1.29, 1.82) is 0 Å². The smallest absolute Gasteiger partial charge is 0.223 e. The number of aromatic nitrogens is 3. The highest BCUT2D eigenvalue weighted by molar-refractivity contribution is 5.66. The lowest BCUT2D eigenvalue weighted by atomic mass is 10.1. The lowest BCUT2D eigenvalue weighted by Crippen LogP contribution is -2.05. The van der Waals surface area contributed by atoms with Crippen molar-refractivity contribution in [3.05, 3.63) is 35.8 Å². The third-order valence-corrected chi connectivity index (χ3v) is 2.80. The first-order valence-electron chi connectivity index (χ1n) is 6.21. The molecule has 0 aliphatic heterocycles. The number of nitrogens with one attached hydrogen (secondary N) is 1. The van der Waals surface area contributed by atoms with Crippen LogP contribution in [0.25, 0.3) is 11.3 Å². The molecule has 4 nitrogen and oxygen atoms in total. The fourth-order valence-corrected chi connectivity index (χ4v) is 1.75. The van der Waals surface area contributed by atoms with E-state index in [1.165, 1.54) is 5.56 Å². The largest absolute Gasteiger partial charge is 0.354 e. The maximum atomic E-state index is 4.58. The second-order valence-corrected chi connectivity index (χ2v) is 4.34. The van der Waals surface area contributed by atoms with Gasteiger partial charge in [0.1, 0.15) is 0 Å². The average molecular weight is 242 g/mol. The van der Waals surface area contributed by atoms with E-state index in [-0.39, 0.29) is 0 Å². The predicted molar refractivity (Wildman–Crippen MR) is 73.5 cm³/mol. The van der Waals surface area contributed by atoms with Crippen molar-refractivity contribution >= 4 is 5.95 Å². The predicted octanol–water partition coefficient (Wildman–Crippen LogP) is 2.98. The highest BCUT2D eigenvalue weighted by Gasteiger charge is 2.08. The summed E-state index contributed by atoms with van der Waals surface area (Å²) >= 11 is 0. The molecule has 18 heavy (non-hydrogen) atoms. The normalized spacial score (nSPS) is 10.4. The standard InChI is InChI=1S/C14H18N4/c1-4-6-16-14-17-8-11(3)13(18-14)12-9-15-7-5-10(12)2/h5,7-9H,4,6H2,1-3H3,(H,16,17,18). The molecule has 0 amide bonds. The van der Waals surface area contributed by atoms with Crippen LogP contribution in [-0.2, 0) is 0 Å². The van der Waals surface area contributed by atoms with Crippen LogP contribution in [0.2, 0.25) is 0 Å². The van der Waals surface area contributed by atoms with Crippen LogP contribution in [0.3, 0.4) is 0 Å². The third-order valence-electron chi connectivity index (χ3n) is 2.80. The Labute approximate surface area is 108 Å². The lowest BCUT2D eigenvalue weighted by molar-refractivity contribution is 0.950. The molecule has 1 N–H and O–H groups in total. The minimum atomic E-state index is 0.681. The van der Waals surface area contributed by atoms with E-state index in [4.69, 9.17) is 0 Å². The minimum absolute atomic E-state index is 0.681. The van der Waals surface area contributed by atoms with Crippen molar-refractivity contribution < 1.29 is 0 Å². The molecular formula is C14H18N4. The molecule has 0 bridgehead atoms. The minimum Gasteiger partial charge on any atom is -0.354 e. The molecule has 0 aliphatic rings. The molecule has 0 aliphatic carbocycles. The monoisotopic (exact) mass is 242 g/mol. The van der Waals surface area contributed by atoms with E-state index in [0.717, 1.165) is 29.8 Å². The van der Waals surface area contributed by atoms with Crippen LogP contribution < -0.4 is 5.32 Å². The van der Waals surface area contributed by atoms with Crippen LogP contribution in [0.5, 0.6) is 0 Å². The Hall–Kier alpha value is -1.97. The Morgan fingerprint density at radius 1 is 1.17 bits per heavy atom. The molecule has 4 heteroatoms. The van der Waals surface area contributed by atoms with E-state index in [1.54, 1.807) is 6.20 Å². The van der Waals surface area contributed by atoms with Crippen molar-refractivity contribution in [3.63, 3.8) is 0 Å². The summed E-state index contributed by atoms with van der Waals surface area (Å²) in [6, 6.07) is 2.00. The van der Waals surface area contributed by atoms with Crippen LogP contribution in [0.15, 0.2) is 24.7 Å². The zero-order valence-corrected chi connectivity index (χ0v) is 11.1. The number of hydrogen-bond acceptors (Lipinski definition) is 4.